The summed E-state index contributed by atoms with van der Waals surface area (Å²) in [5.41, 5.74) is -1.25. The zero-order chi connectivity index (χ0) is 13.6. The number of carbonyl (C=O) groups excluding carboxylic acids is 1. The van der Waals surface area contributed by atoms with Crippen molar-refractivity contribution in [1.82, 2.24) is 4.90 Å². The molecule has 102 valence electrons. The maximum atomic E-state index is 13.1. The molecular weight excluding hydrogens is 244 g/mol. The van der Waals surface area contributed by atoms with Crippen molar-refractivity contribution in [2.75, 3.05) is 13.1 Å². The third kappa shape index (κ3) is 2.20. The third-order valence-corrected chi connectivity index (χ3v) is 4.07. The van der Waals surface area contributed by atoms with Crippen LogP contribution in [0.1, 0.15) is 32.6 Å². The standard InChI is InChI=1S/C12H17F2NO3/c1-11(13,14)8-2-6-15(7-3-8)9(16)12(4-5-12)10(17)18/h8H,2-7H2,1H3,(H,17,18). The molecule has 2 fully saturated rings. The van der Waals surface area contributed by atoms with Gasteiger partial charge in [0.15, 0.2) is 0 Å². The van der Waals surface area contributed by atoms with Gasteiger partial charge in [-0.3, -0.25) is 9.59 Å². The van der Waals surface area contributed by atoms with Crippen molar-refractivity contribution in [3.8, 4) is 0 Å². The van der Waals surface area contributed by atoms with Crippen LogP contribution < -0.4 is 0 Å². The number of hydrogen-bond acceptors (Lipinski definition) is 2. The summed E-state index contributed by atoms with van der Waals surface area (Å²) in [4.78, 5) is 24.5. The minimum absolute atomic E-state index is 0.238. The topological polar surface area (TPSA) is 57.6 Å². The lowest BCUT2D eigenvalue weighted by Crippen LogP contribution is -2.47. The van der Waals surface area contributed by atoms with Gasteiger partial charge in [0.2, 0.25) is 11.8 Å². The molecular formula is C12H17F2NO3. The fourth-order valence-corrected chi connectivity index (χ4v) is 2.54. The molecule has 0 atom stereocenters. The summed E-state index contributed by atoms with van der Waals surface area (Å²) >= 11 is 0. The molecule has 1 aliphatic carbocycles. The van der Waals surface area contributed by atoms with Gasteiger partial charge in [0, 0.05) is 19.0 Å². The highest BCUT2D eigenvalue weighted by molar-refractivity contribution is 6.04. The number of carboxylic acid groups (broad SMARTS) is 1. The van der Waals surface area contributed by atoms with Gasteiger partial charge in [-0.15, -0.1) is 0 Å². The van der Waals surface area contributed by atoms with E-state index in [1.165, 1.54) is 4.90 Å². The number of halogens is 2. The molecule has 0 aromatic carbocycles. The summed E-state index contributed by atoms with van der Waals surface area (Å²) in [5, 5.41) is 9.02. The number of alkyl halides is 2. The van der Waals surface area contributed by atoms with Crippen LogP contribution in [0.25, 0.3) is 0 Å². The van der Waals surface area contributed by atoms with Gasteiger partial charge in [0.05, 0.1) is 0 Å². The molecule has 1 N–H and O–H groups in total. The monoisotopic (exact) mass is 261 g/mol. The molecule has 6 heteroatoms. The van der Waals surface area contributed by atoms with E-state index in [0.717, 1.165) is 6.92 Å². The quantitative estimate of drug-likeness (QED) is 0.787. The van der Waals surface area contributed by atoms with Crippen molar-refractivity contribution >= 4 is 11.9 Å². The van der Waals surface area contributed by atoms with Crippen molar-refractivity contribution in [3.63, 3.8) is 0 Å². The van der Waals surface area contributed by atoms with Gasteiger partial charge in [-0.2, -0.15) is 0 Å². The molecule has 18 heavy (non-hydrogen) atoms. The van der Waals surface area contributed by atoms with Crippen LogP contribution in [0.15, 0.2) is 0 Å². The molecule has 0 aromatic heterocycles. The highest BCUT2D eigenvalue weighted by Crippen LogP contribution is 2.48. The summed E-state index contributed by atoms with van der Waals surface area (Å²) in [7, 11) is 0. The molecule has 1 saturated carbocycles. The van der Waals surface area contributed by atoms with Gasteiger partial charge in [-0.1, -0.05) is 0 Å². The van der Waals surface area contributed by atoms with Crippen molar-refractivity contribution in [2.24, 2.45) is 11.3 Å². The van der Waals surface area contributed by atoms with Crippen molar-refractivity contribution in [3.05, 3.63) is 0 Å². The Morgan fingerprint density at radius 1 is 1.28 bits per heavy atom. The number of carboxylic acids is 1. The second-order valence-corrected chi connectivity index (χ2v) is 5.41. The Kier molecular flexibility index (Phi) is 3.07. The minimum Gasteiger partial charge on any atom is -0.480 e. The number of piperidine rings is 1. The molecule has 1 heterocycles. The van der Waals surface area contributed by atoms with Crippen LogP contribution >= 0.6 is 0 Å². The first kappa shape index (κ1) is 13.2. The molecule has 0 radical (unpaired) electrons. The Morgan fingerprint density at radius 2 is 1.78 bits per heavy atom. The summed E-state index contributed by atoms with van der Waals surface area (Å²) < 4.78 is 26.2. The van der Waals surface area contributed by atoms with Crippen molar-refractivity contribution < 1.29 is 23.5 Å². The van der Waals surface area contributed by atoms with Crippen LogP contribution in [0.5, 0.6) is 0 Å². The maximum Gasteiger partial charge on any atom is 0.319 e. The molecule has 0 bridgehead atoms. The Hall–Kier alpha value is -1.20. The number of amides is 1. The highest BCUT2D eigenvalue weighted by Gasteiger charge is 2.58. The SMILES string of the molecule is CC(F)(F)C1CCN(C(=O)C2(C(=O)O)CC2)CC1. The summed E-state index contributed by atoms with van der Waals surface area (Å²) in [5.74, 6) is -4.91. The average Bonchev–Trinajstić information content (AvgIpc) is 3.08. The number of aliphatic carboxylic acids is 1. The molecule has 2 aliphatic rings. The molecule has 0 spiro atoms. The zero-order valence-electron chi connectivity index (χ0n) is 10.3. The van der Waals surface area contributed by atoms with E-state index in [2.05, 4.69) is 0 Å². The van der Waals surface area contributed by atoms with Crippen molar-refractivity contribution in [2.45, 2.75) is 38.5 Å². The maximum absolute atomic E-state index is 13.1. The lowest BCUT2D eigenvalue weighted by Gasteiger charge is -2.35. The van der Waals surface area contributed by atoms with Gasteiger partial charge in [-0.05, 0) is 32.6 Å². The van der Waals surface area contributed by atoms with E-state index in [0.29, 0.717) is 12.8 Å². The predicted molar refractivity (Wildman–Crippen MR) is 59.2 cm³/mol. The average molecular weight is 261 g/mol. The second-order valence-electron chi connectivity index (χ2n) is 5.41. The van der Waals surface area contributed by atoms with E-state index in [1.807, 2.05) is 0 Å². The van der Waals surface area contributed by atoms with E-state index in [9.17, 15) is 18.4 Å². The Bertz CT molecular complexity index is 366. The fourth-order valence-electron chi connectivity index (χ4n) is 2.54. The van der Waals surface area contributed by atoms with Gasteiger partial charge in [0.1, 0.15) is 5.41 Å². The van der Waals surface area contributed by atoms with Crippen LogP contribution in [0.3, 0.4) is 0 Å². The van der Waals surface area contributed by atoms with Crippen LogP contribution in [-0.4, -0.2) is 40.9 Å². The number of likely N-dealkylation sites (tertiary alicyclic amines) is 1. The Morgan fingerprint density at radius 3 is 2.11 bits per heavy atom. The number of carbonyl (C=O) groups is 2. The van der Waals surface area contributed by atoms with E-state index < -0.39 is 29.1 Å². The van der Waals surface area contributed by atoms with Gasteiger partial charge < -0.3 is 10.0 Å². The first-order chi connectivity index (χ1) is 8.27. The van der Waals surface area contributed by atoms with E-state index in [4.69, 9.17) is 5.11 Å². The smallest absolute Gasteiger partial charge is 0.319 e. The third-order valence-electron chi connectivity index (χ3n) is 4.07. The van der Waals surface area contributed by atoms with E-state index in [-0.39, 0.29) is 25.9 Å². The van der Waals surface area contributed by atoms with E-state index >= 15 is 0 Å². The Balaban J connectivity index is 1.95. The largest absolute Gasteiger partial charge is 0.480 e. The number of nitrogens with zero attached hydrogens (tertiary/aromatic N) is 1. The summed E-state index contributed by atoms with van der Waals surface area (Å²) in [6, 6.07) is 0. The molecule has 1 amide bonds. The second kappa shape index (κ2) is 4.17. The first-order valence-corrected chi connectivity index (χ1v) is 6.18. The molecule has 0 unspecified atom stereocenters. The molecule has 0 aromatic rings. The molecule has 1 aliphatic heterocycles. The van der Waals surface area contributed by atoms with Gasteiger partial charge in [-0.25, -0.2) is 8.78 Å². The summed E-state index contributed by atoms with van der Waals surface area (Å²) in [6.07, 6.45) is 1.21. The first-order valence-electron chi connectivity index (χ1n) is 6.18. The van der Waals surface area contributed by atoms with Crippen molar-refractivity contribution in [1.29, 1.82) is 0 Å². The molecule has 1 saturated heterocycles. The van der Waals surface area contributed by atoms with Crippen LogP contribution in [0, 0.1) is 11.3 Å². The van der Waals surface area contributed by atoms with Gasteiger partial charge in [0.25, 0.3) is 0 Å². The number of rotatable bonds is 3. The molecule has 2 rings (SSSR count). The van der Waals surface area contributed by atoms with Crippen LogP contribution in [-0.2, 0) is 9.59 Å². The zero-order valence-corrected chi connectivity index (χ0v) is 10.3. The van der Waals surface area contributed by atoms with Crippen LogP contribution in [0.4, 0.5) is 8.78 Å². The molecule has 4 nitrogen and oxygen atoms in total. The lowest BCUT2D eigenvalue weighted by molar-refractivity contribution is -0.155. The van der Waals surface area contributed by atoms with E-state index in [1.54, 1.807) is 0 Å². The minimum atomic E-state index is -2.72. The van der Waals surface area contributed by atoms with Gasteiger partial charge >= 0.3 is 5.97 Å². The lowest BCUT2D eigenvalue weighted by atomic mass is 9.90. The Labute approximate surface area is 104 Å². The fraction of sp³-hybridized carbons (Fsp3) is 0.833. The summed E-state index contributed by atoms with van der Waals surface area (Å²) in [6.45, 7) is 1.37. The number of hydrogen-bond donors (Lipinski definition) is 1. The predicted octanol–water partition coefficient (Wildman–Crippen LogP) is 1.75. The highest BCUT2D eigenvalue weighted by atomic mass is 19.3. The normalized spacial score (nSPS) is 23.8. The van der Waals surface area contributed by atoms with Crippen LogP contribution in [0.2, 0.25) is 0 Å².